The number of benzene rings is 1. The number of rotatable bonds is 3. The molecule has 1 saturated heterocycles. The van der Waals surface area contributed by atoms with Gasteiger partial charge in [-0.05, 0) is 38.5 Å². The first-order valence-corrected chi connectivity index (χ1v) is 8.72. The van der Waals surface area contributed by atoms with E-state index in [0.717, 1.165) is 43.1 Å². The summed E-state index contributed by atoms with van der Waals surface area (Å²) < 4.78 is 18.4. The lowest BCUT2D eigenvalue weighted by Crippen LogP contribution is -2.35. The minimum Gasteiger partial charge on any atom is -0.361 e. The molecule has 7 heteroatoms. The van der Waals surface area contributed by atoms with Crippen molar-refractivity contribution in [3.8, 4) is 0 Å². The number of hydrogen-bond acceptors (Lipinski definition) is 4. The summed E-state index contributed by atoms with van der Waals surface area (Å²) in [6.07, 6.45) is 0.869. The van der Waals surface area contributed by atoms with Crippen molar-refractivity contribution in [1.82, 2.24) is 15.0 Å². The fraction of sp³-hybridized carbons (Fsp3) is 0.444. The summed E-state index contributed by atoms with van der Waals surface area (Å²) in [6.45, 7) is 7.54. The van der Waals surface area contributed by atoms with Crippen LogP contribution in [0.15, 0.2) is 22.7 Å². The van der Waals surface area contributed by atoms with Crippen molar-refractivity contribution in [1.29, 1.82) is 0 Å². The fourth-order valence-electron chi connectivity index (χ4n) is 3.12. The molecule has 1 aliphatic heterocycles. The van der Waals surface area contributed by atoms with Gasteiger partial charge in [-0.3, -0.25) is 9.69 Å². The Morgan fingerprint density at radius 3 is 2.76 bits per heavy atom. The number of hydrogen-bond donors (Lipinski definition) is 0. The Balaban J connectivity index is 1.66. The molecule has 0 saturated carbocycles. The molecule has 0 bridgehead atoms. The molecule has 0 aliphatic carbocycles. The van der Waals surface area contributed by atoms with Crippen LogP contribution in [0.3, 0.4) is 0 Å². The topological polar surface area (TPSA) is 49.6 Å². The molecule has 2 aromatic rings. The van der Waals surface area contributed by atoms with E-state index in [0.29, 0.717) is 18.7 Å². The Morgan fingerprint density at radius 1 is 1.28 bits per heavy atom. The van der Waals surface area contributed by atoms with Crippen LogP contribution in [0.2, 0.25) is 5.02 Å². The minimum absolute atomic E-state index is 0.149. The number of aryl methyl sites for hydroxylation is 2. The van der Waals surface area contributed by atoms with Gasteiger partial charge in [0.1, 0.15) is 11.6 Å². The molecule has 1 amide bonds. The van der Waals surface area contributed by atoms with Crippen molar-refractivity contribution < 1.29 is 13.7 Å². The van der Waals surface area contributed by atoms with Crippen molar-refractivity contribution in [3.63, 3.8) is 0 Å². The Bertz CT molecular complexity index is 758. The second-order valence-corrected chi connectivity index (χ2v) is 6.76. The van der Waals surface area contributed by atoms with Crippen molar-refractivity contribution in [3.05, 3.63) is 51.6 Å². The summed E-state index contributed by atoms with van der Waals surface area (Å²) in [5.41, 5.74) is 2.37. The summed E-state index contributed by atoms with van der Waals surface area (Å²) in [6, 6.07) is 3.89. The van der Waals surface area contributed by atoms with Crippen LogP contribution in [0.25, 0.3) is 0 Å². The molecular formula is C18H21ClFN3O2. The Labute approximate surface area is 151 Å². The second kappa shape index (κ2) is 7.54. The smallest absolute Gasteiger partial charge is 0.255 e. The number of aromatic nitrogens is 1. The molecule has 5 nitrogen and oxygen atoms in total. The molecule has 1 fully saturated rings. The van der Waals surface area contributed by atoms with E-state index < -0.39 is 5.82 Å². The van der Waals surface area contributed by atoms with Gasteiger partial charge in [0.2, 0.25) is 0 Å². The molecule has 0 spiro atoms. The molecule has 134 valence electrons. The predicted molar refractivity (Wildman–Crippen MR) is 93.2 cm³/mol. The van der Waals surface area contributed by atoms with Crippen LogP contribution in [0.1, 0.15) is 33.8 Å². The van der Waals surface area contributed by atoms with Crippen LogP contribution in [0.5, 0.6) is 0 Å². The number of amides is 1. The average molecular weight is 366 g/mol. The van der Waals surface area contributed by atoms with Crippen LogP contribution in [-0.2, 0) is 6.54 Å². The van der Waals surface area contributed by atoms with E-state index in [4.69, 9.17) is 16.1 Å². The minimum atomic E-state index is -0.442. The van der Waals surface area contributed by atoms with E-state index in [9.17, 15) is 9.18 Å². The first kappa shape index (κ1) is 17.9. The molecule has 25 heavy (non-hydrogen) atoms. The second-order valence-electron chi connectivity index (χ2n) is 6.35. The molecule has 3 rings (SSSR count). The third-order valence-electron chi connectivity index (χ3n) is 4.60. The summed E-state index contributed by atoms with van der Waals surface area (Å²) in [5, 5.41) is 4.15. The van der Waals surface area contributed by atoms with Gasteiger partial charge in [-0.2, -0.15) is 0 Å². The van der Waals surface area contributed by atoms with Gasteiger partial charge in [0.25, 0.3) is 5.91 Å². The summed E-state index contributed by atoms with van der Waals surface area (Å²) >= 11 is 6.03. The molecule has 1 aromatic carbocycles. The highest BCUT2D eigenvalue weighted by atomic mass is 35.5. The number of nitrogens with zero attached hydrogens (tertiary/aromatic N) is 3. The maximum absolute atomic E-state index is 13.2. The van der Waals surface area contributed by atoms with Crippen LogP contribution >= 0.6 is 11.6 Å². The lowest BCUT2D eigenvalue weighted by molar-refractivity contribution is 0.0761. The maximum atomic E-state index is 13.2. The van der Waals surface area contributed by atoms with Gasteiger partial charge in [-0.15, -0.1) is 0 Å². The van der Waals surface area contributed by atoms with Gasteiger partial charge in [-0.25, -0.2) is 4.39 Å². The van der Waals surface area contributed by atoms with E-state index in [1.165, 1.54) is 18.2 Å². The highest BCUT2D eigenvalue weighted by Crippen LogP contribution is 2.21. The SMILES string of the molecule is Cc1noc(C)c1CN1CCCN(C(=O)c2ccc(F)cc2Cl)CC1. The van der Waals surface area contributed by atoms with Gasteiger partial charge < -0.3 is 9.42 Å². The quantitative estimate of drug-likeness (QED) is 0.836. The average Bonchev–Trinajstić information content (AvgIpc) is 2.77. The van der Waals surface area contributed by atoms with Gasteiger partial charge in [0.15, 0.2) is 0 Å². The van der Waals surface area contributed by atoms with E-state index in [2.05, 4.69) is 10.1 Å². The predicted octanol–water partition coefficient (Wildman–Crippen LogP) is 3.43. The fourth-order valence-corrected chi connectivity index (χ4v) is 3.36. The lowest BCUT2D eigenvalue weighted by atomic mass is 10.2. The molecule has 0 radical (unpaired) electrons. The standard InChI is InChI=1S/C18H21ClFN3O2/c1-12-16(13(2)25-21-12)11-22-6-3-7-23(9-8-22)18(24)15-5-4-14(20)10-17(15)19/h4-5,10H,3,6-9,11H2,1-2H3. The van der Waals surface area contributed by atoms with Crippen molar-refractivity contribution in [2.75, 3.05) is 26.2 Å². The van der Waals surface area contributed by atoms with Gasteiger partial charge in [-0.1, -0.05) is 16.8 Å². The van der Waals surface area contributed by atoms with Crippen LogP contribution in [0.4, 0.5) is 4.39 Å². The monoisotopic (exact) mass is 365 g/mol. The number of halogens is 2. The molecule has 1 aliphatic rings. The third kappa shape index (κ3) is 4.02. The van der Waals surface area contributed by atoms with Crippen LogP contribution in [0, 0.1) is 19.7 Å². The molecule has 2 heterocycles. The van der Waals surface area contributed by atoms with Crippen molar-refractivity contribution in [2.24, 2.45) is 0 Å². The van der Waals surface area contributed by atoms with E-state index in [1.54, 1.807) is 4.90 Å². The Kier molecular flexibility index (Phi) is 5.39. The highest BCUT2D eigenvalue weighted by Gasteiger charge is 2.23. The zero-order chi connectivity index (χ0) is 18.0. The Morgan fingerprint density at radius 2 is 2.08 bits per heavy atom. The molecule has 0 N–H and O–H groups in total. The van der Waals surface area contributed by atoms with Crippen LogP contribution in [-0.4, -0.2) is 47.0 Å². The molecule has 0 unspecified atom stereocenters. The van der Waals surface area contributed by atoms with E-state index >= 15 is 0 Å². The third-order valence-corrected chi connectivity index (χ3v) is 4.91. The zero-order valence-electron chi connectivity index (χ0n) is 14.4. The molecule has 1 aromatic heterocycles. The number of carbonyl (C=O) groups excluding carboxylic acids is 1. The van der Waals surface area contributed by atoms with E-state index in [-0.39, 0.29) is 10.9 Å². The van der Waals surface area contributed by atoms with Gasteiger partial charge >= 0.3 is 0 Å². The normalized spacial score (nSPS) is 16.1. The summed E-state index contributed by atoms with van der Waals surface area (Å²) in [5.74, 6) is 0.250. The summed E-state index contributed by atoms with van der Waals surface area (Å²) in [4.78, 5) is 16.8. The van der Waals surface area contributed by atoms with Crippen molar-refractivity contribution in [2.45, 2.75) is 26.8 Å². The maximum Gasteiger partial charge on any atom is 0.255 e. The largest absolute Gasteiger partial charge is 0.361 e. The molecule has 0 atom stereocenters. The first-order chi connectivity index (χ1) is 12.0. The van der Waals surface area contributed by atoms with Gasteiger partial charge in [0.05, 0.1) is 16.3 Å². The Hall–Kier alpha value is -1.92. The highest BCUT2D eigenvalue weighted by molar-refractivity contribution is 6.33. The van der Waals surface area contributed by atoms with Gasteiger partial charge in [0, 0.05) is 38.3 Å². The number of carbonyl (C=O) groups is 1. The van der Waals surface area contributed by atoms with Crippen molar-refractivity contribution >= 4 is 17.5 Å². The molecular weight excluding hydrogens is 345 g/mol. The lowest BCUT2D eigenvalue weighted by Gasteiger charge is -2.22. The summed E-state index contributed by atoms with van der Waals surface area (Å²) in [7, 11) is 0. The van der Waals surface area contributed by atoms with E-state index in [1.807, 2.05) is 13.8 Å². The van der Waals surface area contributed by atoms with Crippen LogP contribution < -0.4 is 0 Å². The zero-order valence-corrected chi connectivity index (χ0v) is 15.1. The first-order valence-electron chi connectivity index (χ1n) is 8.34.